The van der Waals surface area contributed by atoms with Crippen LogP contribution in [0.3, 0.4) is 0 Å². The van der Waals surface area contributed by atoms with Crippen LogP contribution in [0.5, 0.6) is 5.75 Å². The Hall–Kier alpha value is -3.31. The Morgan fingerprint density at radius 3 is 2.41 bits per heavy atom. The second-order valence-electron chi connectivity index (χ2n) is 12.0. The lowest BCUT2D eigenvalue weighted by Crippen LogP contribution is -2.47. The van der Waals surface area contributed by atoms with Gasteiger partial charge in [0, 0.05) is 26.7 Å². The van der Waals surface area contributed by atoms with Crippen LogP contribution >= 0.6 is 0 Å². The standard InChI is InChI=1S/C30H37NO10/c1-14-6-9-20-19(12-14)8-7-15(2)23(20)25(36)24-26(38-16(3)32)21(13-31(29(24)37)41-18(5)34)30(40-17(4)33)11-10-22(35)27-28(30)39-27/h7-8,13-15,19-20,22-23,27-28,35H,6,9-12H2,1-5H3/t14-,15-,19-,20-,22?,23-,27?,28?,30?/m0/s1. The van der Waals surface area contributed by atoms with Crippen LogP contribution in [0.1, 0.15) is 82.6 Å². The lowest BCUT2D eigenvalue weighted by atomic mass is 9.61. The SMILES string of the molecule is CC(=O)Oc1c(C2(OC(C)=O)CCC(O)C3OC32)cn(OC(C)=O)c(=O)c1C(=O)[C@@H]1[C@H]2CC[C@H](C)C[C@@H]2C=C[C@@H]1C. The van der Waals surface area contributed by atoms with E-state index in [1.807, 2.05) is 13.0 Å². The molecular formula is C30H37NO10. The number of aromatic nitrogens is 1. The zero-order valence-corrected chi connectivity index (χ0v) is 24.0. The van der Waals surface area contributed by atoms with Crippen molar-refractivity contribution in [2.45, 2.75) is 90.6 Å². The van der Waals surface area contributed by atoms with Gasteiger partial charge in [-0.1, -0.05) is 32.4 Å². The highest BCUT2D eigenvalue weighted by Gasteiger charge is 2.65. The Balaban J connectivity index is 1.74. The van der Waals surface area contributed by atoms with Crippen LogP contribution in [-0.4, -0.2) is 51.8 Å². The number of rotatable bonds is 6. The second kappa shape index (κ2) is 10.8. The third-order valence-corrected chi connectivity index (χ3v) is 9.02. The first-order chi connectivity index (χ1) is 19.3. The molecule has 222 valence electrons. The van der Waals surface area contributed by atoms with Crippen LogP contribution in [0.15, 0.2) is 23.1 Å². The number of hydrogen-bond acceptors (Lipinski definition) is 10. The Morgan fingerprint density at radius 1 is 1.02 bits per heavy atom. The van der Waals surface area contributed by atoms with E-state index in [4.69, 9.17) is 19.0 Å². The van der Waals surface area contributed by atoms with Crippen LogP contribution in [0.4, 0.5) is 0 Å². The van der Waals surface area contributed by atoms with Gasteiger partial charge in [0.25, 0.3) is 5.56 Å². The van der Waals surface area contributed by atoms with E-state index in [1.54, 1.807) is 0 Å². The van der Waals surface area contributed by atoms with Crippen LogP contribution in [0, 0.1) is 29.6 Å². The maximum absolute atomic E-state index is 14.6. The van der Waals surface area contributed by atoms with Crippen LogP contribution in [0.2, 0.25) is 0 Å². The zero-order chi connectivity index (χ0) is 29.8. The Bertz CT molecular complexity index is 1360. The molecule has 2 heterocycles. The molecule has 11 heteroatoms. The summed E-state index contributed by atoms with van der Waals surface area (Å²) in [6.45, 7) is 7.54. The van der Waals surface area contributed by atoms with Crippen LogP contribution in [0.25, 0.3) is 0 Å². The quantitative estimate of drug-likeness (QED) is 0.233. The van der Waals surface area contributed by atoms with Gasteiger partial charge in [0.2, 0.25) is 0 Å². The largest absolute Gasteiger partial charge is 0.451 e. The lowest BCUT2D eigenvalue weighted by Gasteiger charge is -2.42. The molecule has 1 saturated heterocycles. The number of esters is 2. The molecule has 1 N–H and O–H groups in total. The summed E-state index contributed by atoms with van der Waals surface area (Å²) in [6, 6.07) is 0. The number of carbonyl (C=O) groups excluding carboxylic acids is 4. The summed E-state index contributed by atoms with van der Waals surface area (Å²) in [5, 5.41) is 10.4. The molecule has 0 bridgehead atoms. The highest BCUT2D eigenvalue weighted by molar-refractivity contribution is 6.01. The molecule has 0 spiro atoms. The zero-order valence-electron chi connectivity index (χ0n) is 24.0. The summed E-state index contributed by atoms with van der Waals surface area (Å²) in [5.74, 6) is -3.36. The molecule has 1 aromatic heterocycles. The van der Waals surface area contributed by atoms with Gasteiger partial charge in [-0.05, 0) is 49.4 Å². The van der Waals surface area contributed by atoms with Crippen molar-refractivity contribution in [3.8, 4) is 5.75 Å². The van der Waals surface area contributed by atoms with Gasteiger partial charge in [0.1, 0.15) is 17.8 Å². The number of nitrogens with zero attached hydrogens (tertiary/aromatic N) is 1. The van der Waals surface area contributed by atoms with E-state index in [1.165, 1.54) is 6.92 Å². The molecule has 4 aliphatic rings. The molecular weight excluding hydrogens is 534 g/mol. The monoisotopic (exact) mass is 571 g/mol. The first-order valence-corrected chi connectivity index (χ1v) is 14.3. The number of aliphatic hydroxyl groups excluding tert-OH is 1. The van der Waals surface area contributed by atoms with Crippen molar-refractivity contribution in [2.75, 3.05) is 0 Å². The van der Waals surface area contributed by atoms with Gasteiger partial charge in [0.15, 0.2) is 17.1 Å². The molecule has 41 heavy (non-hydrogen) atoms. The summed E-state index contributed by atoms with van der Waals surface area (Å²) >= 11 is 0. The maximum atomic E-state index is 14.6. The number of ketones is 1. The van der Waals surface area contributed by atoms with E-state index < -0.39 is 64.6 Å². The van der Waals surface area contributed by atoms with Gasteiger partial charge < -0.3 is 24.2 Å². The first-order valence-electron chi connectivity index (χ1n) is 14.3. The number of fused-ring (bicyclic) bond motifs is 2. The molecule has 1 aromatic rings. The van der Waals surface area contributed by atoms with E-state index in [2.05, 4.69) is 13.0 Å². The number of ether oxygens (including phenoxy) is 3. The number of epoxide rings is 1. The number of carbonyl (C=O) groups is 4. The second-order valence-corrected chi connectivity index (χ2v) is 12.0. The highest BCUT2D eigenvalue weighted by Crippen LogP contribution is 2.54. The molecule has 4 unspecified atom stereocenters. The molecule has 3 fully saturated rings. The van der Waals surface area contributed by atoms with E-state index in [-0.39, 0.29) is 41.9 Å². The van der Waals surface area contributed by atoms with E-state index in [9.17, 15) is 29.1 Å². The van der Waals surface area contributed by atoms with E-state index in [0.717, 1.165) is 39.3 Å². The van der Waals surface area contributed by atoms with E-state index >= 15 is 0 Å². The summed E-state index contributed by atoms with van der Waals surface area (Å²) in [5.41, 5.74) is -3.04. The molecule has 3 aliphatic carbocycles. The van der Waals surface area contributed by atoms with Gasteiger partial charge in [-0.2, -0.15) is 0 Å². The number of pyridine rings is 1. The van der Waals surface area contributed by atoms with Gasteiger partial charge in [-0.25, -0.2) is 4.79 Å². The van der Waals surface area contributed by atoms with Gasteiger partial charge in [-0.15, -0.1) is 4.73 Å². The molecule has 2 saturated carbocycles. The minimum absolute atomic E-state index is 0.0145. The summed E-state index contributed by atoms with van der Waals surface area (Å²) in [6.07, 6.45) is 5.81. The van der Waals surface area contributed by atoms with Crippen molar-refractivity contribution in [1.82, 2.24) is 4.73 Å². The van der Waals surface area contributed by atoms with Crippen molar-refractivity contribution >= 4 is 23.7 Å². The van der Waals surface area contributed by atoms with Crippen molar-refractivity contribution in [3.05, 3.63) is 39.8 Å². The molecule has 0 amide bonds. The molecule has 0 aromatic carbocycles. The van der Waals surface area contributed by atoms with Crippen molar-refractivity contribution in [3.63, 3.8) is 0 Å². The Kier molecular flexibility index (Phi) is 7.71. The van der Waals surface area contributed by atoms with Crippen molar-refractivity contribution in [1.29, 1.82) is 0 Å². The minimum atomic E-state index is -1.62. The lowest BCUT2D eigenvalue weighted by molar-refractivity contribution is -0.164. The molecule has 11 nitrogen and oxygen atoms in total. The number of Topliss-reactive ketones (excluding diaryl/α,β-unsaturated/α-hetero) is 1. The van der Waals surface area contributed by atoms with Gasteiger partial charge in [0.05, 0.1) is 17.9 Å². The maximum Gasteiger partial charge on any atom is 0.330 e. The predicted octanol–water partition coefficient (Wildman–Crippen LogP) is 2.49. The van der Waals surface area contributed by atoms with E-state index in [0.29, 0.717) is 10.6 Å². The fourth-order valence-electron chi connectivity index (χ4n) is 7.26. The number of aliphatic hydroxyl groups is 1. The average molecular weight is 572 g/mol. The third-order valence-electron chi connectivity index (χ3n) is 9.02. The average Bonchev–Trinajstić information content (AvgIpc) is 3.69. The van der Waals surface area contributed by atoms with Crippen molar-refractivity contribution in [2.24, 2.45) is 29.6 Å². The predicted molar refractivity (Wildman–Crippen MR) is 143 cm³/mol. The molecule has 9 atom stereocenters. The Labute approximate surface area is 237 Å². The molecule has 5 rings (SSSR count). The topological polar surface area (TPSA) is 151 Å². The van der Waals surface area contributed by atoms with Crippen LogP contribution < -0.4 is 15.1 Å². The number of allylic oxidation sites excluding steroid dienone is 2. The number of hydrogen-bond donors (Lipinski definition) is 1. The molecule has 1 aliphatic heterocycles. The smallest absolute Gasteiger partial charge is 0.330 e. The Morgan fingerprint density at radius 2 is 1.76 bits per heavy atom. The fourth-order valence-corrected chi connectivity index (χ4v) is 7.26. The molecule has 0 radical (unpaired) electrons. The fraction of sp³-hybridized carbons (Fsp3) is 0.633. The van der Waals surface area contributed by atoms with Gasteiger partial charge in [-0.3, -0.25) is 19.2 Å². The summed E-state index contributed by atoms with van der Waals surface area (Å²) in [7, 11) is 0. The minimum Gasteiger partial charge on any atom is -0.451 e. The summed E-state index contributed by atoms with van der Waals surface area (Å²) < 4.78 is 17.8. The first kappa shape index (κ1) is 29.2. The normalized spacial score (nSPS) is 35.5. The van der Waals surface area contributed by atoms with Crippen LogP contribution in [-0.2, 0) is 29.5 Å². The third kappa shape index (κ3) is 5.25. The summed E-state index contributed by atoms with van der Waals surface area (Å²) in [4.78, 5) is 70.6. The van der Waals surface area contributed by atoms with Crippen molar-refractivity contribution < 1.29 is 43.3 Å². The highest BCUT2D eigenvalue weighted by atomic mass is 16.7. The van der Waals surface area contributed by atoms with Gasteiger partial charge >= 0.3 is 17.9 Å².